The molecule has 6 heteroatoms. The molecule has 1 N–H and O–H groups in total. The number of hydrogen-bond acceptors (Lipinski definition) is 4. The van der Waals surface area contributed by atoms with Gasteiger partial charge in [0, 0.05) is 18.0 Å². The highest BCUT2D eigenvalue weighted by Gasteiger charge is 2.43. The number of fused-ring (bicyclic) bond motifs is 1. The minimum atomic E-state index is -1.83. The Hall–Kier alpha value is -2.37. The third-order valence-corrected chi connectivity index (χ3v) is 3.92. The summed E-state index contributed by atoms with van der Waals surface area (Å²) >= 11 is 0. The van der Waals surface area contributed by atoms with Crippen molar-refractivity contribution in [2.75, 3.05) is 6.61 Å². The summed E-state index contributed by atoms with van der Waals surface area (Å²) in [4.78, 5) is 15.8. The standard InChI is InChI=1S/C18H21FN2O3/c1-11(2)24-13-4-5-15-14(8-13)16(6-7-20-15)23-10-12-9-18(3,19)17(22)21-12/h4-8,11-12H,9-10H2,1-3H3,(H,21,22)/t12-,18-/m0/s1. The molecule has 0 saturated carbocycles. The summed E-state index contributed by atoms with van der Waals surface area (Å²) in [5.74, 6) is 0.792. The van der Waals surface area contributed by atoms with Crippen LogP contribution in [0.3, 0.4) is 0 Å². The Balaban J connectivity index is 1.78. The van der Waals surface area contributed by atoms with Crippen molar-refractivity contribution >= 4 is 16.8 Å². The lowest BCUT2D eigenvalue weighted by Gasteiger charge is -2.15. The van der Waals surface area contributed by atoms with Crippen LogP contribution in [0.25, 0.3) is 10.9 Å². The maximum Gasteiger partial charge on any atom is 0.257 e. The van der Waals surface area contributed by atoms with Crippen molar-refractivity contribution in [2.24, 2.45) is 0 Å². The van der Waals surface area contributed by atoms with E-state index in [-0.39, 0.29) is 25.2 Å². The number of benzene rings is 1. The molecule has 0 bridgehead atoms. The molecule has 5 nitrogen and oxygen atoms in total. The molecule has 128 valence electrons. The molecule has 2 atom stereocenters. The predicted molar refractivity (Wildman–Crippen MR) is 89.1 cm³/mol. The summed E-state index contributed by atoms with van der Waals surface area (Å²) in [7, 11) is 0. The third kappa shape index (κ3) is 3.42. The number of nitrogens with one attached hydrogen (secondary N) is 1. The van der Waals surface area contributed by atoms with Crippen LogP contribution in [0.4, 0.5) is 4.39 Å². The molecule has 1 fully saturated rings. The van der Waals surface area contributed by atoms with Crippen molar-refractivity contribution in [3.63, 3.8) is 0 Å². The molecule has 1 aromatic carbocycles. The number of hydrogen-bond donors (Lipinski definition) is 1. The average molecular weight is 332 g/mol. The zero-order valence-corrected chi connectivity index (χ0v) is 14.0. The second kappa shape index (κ2) is 6.26. The Labute approximate surface area is 140 Å². The van der Waals surface area contributed by atoms with Gasteiger partial charge in [-0.1, -0.05) is 0 Å². The summed E-state index contributed by atoms with van der Waals surface area (Å²) in [6.07, 6.45) is 1.84. The van der Waals surface area contributed by atoms with E-state index in [1.165, 1.54) is 6.92 Å². The number of carbonyl (C=O) groups excluding carboxylic acids is 1. The Morgan fingerprint density at radius 1 is 1.42 bits per heavy atom. The monoisotopic (exact) mass is 332 g/mol. The molecule has 24 heavy (non-hydrogen) atoms. The molecule has 2 heterocycles. The largest absolute Gasteiger partial charge is 0.491 e. The van der Waals surface area contributed by atoms with Crippen molar-refractivity contribution in [3.05, 3.63) is 30.5 Å². The van der Waals surface area contributed by atoms with Gasteiger partial charge in [0.25, 0.3) is 5.91 Å². The lowest BCUT2D eigenvalue weighted by molar-refractivity contribution is -0.128. The maximum atomic E-state index is 13.9. The van der Waals surface area contributed by atoms with E-state index >= 15 is 0 Å². The summed E-state index contributed by atoms with van der Waals surface area (Å²) in [5.41, 5.74) is -1.04. The first kappa shape index (κ1) is 16.5. The molecule has 2 aromatic rings. The lowest BCUT2D eigenvalue weighted by Crippen LogP contribution is -2.33. The first-order chi connectivity index (χ1) is 11.3. The van der Waals surface area contributed by atoms with Crippen LogP contribution in [-0.2, 0) is 4.79 Å². The minimum absolute atomic E-state index is 0.0689. The molecule has 1 aliphatic heterocycles. The Morgan fingerprint density at radius 3 is 2.88 bits per heavy atom. The molecule has 0 spiro atoms. The smallest absolute Gasteiger partial charge is 0.257 e. The van der Waals surface area contributed by atoms with E-state index in [0.717, 1.165) is 16.7 Å². The number of amides is 1. The van der Waals surface area contributed by atoms with Gasteiger partial charge in [-0.3, -0.25) is 9.78 Å². The molecule has 0 radical (unpaired) electrons. The number of nitrogens with zero attached hydrogens (tertiary/aromatic N) is 1. The van der Waals surface area contributed by atoms with Crippen molar-refractivity contribution in [3.8, 4) is 11.5 Å². The van der Waals surface area contributed by atoms with Crippen molar-refractivity contribution in [1.29, 1.82) is 0 Å². The molecule has 1 amide bonds. The van der Waals surface area contributed by atoms with Crippen LogP contribution in [0, 0.1) is 0 Å². The molecule has 0 aliphatic carbocycles. The second-order valence-corrected chi connectivity index (χ2v) is 6.54. The molecular formula is C18H21FN2O3. The topological polar surface area (TPSA) is 60.5 Å². The molecule has 1 saturated heterocycles. The van der Waals surface area contributed by atoms with Gasteiger partial charge in [0.2, 0.25) is 0 Å². The highest BCUT2D eigenvalue weighted by molar-refractivity contribution is 5.87. The molecule has 3 rings (SSSR count). The molecular weight excluding hydrogens is 311 g/mol. The van der Waals surface area contributed by atoms with Crippen molar-refractivity contribution < 1.29 is 18.7 Å². The number of halogens is 1. The fraction of sp³-hybridized carbons (Fsp3) is 0.444. The Bertz CT molecular complexity index is 761. The highest BCUT2D eigenvalue weighted by Crippen LogP contribution is 2.30. The zero-order chi connectivity index (χ0) is 17.3. The average Bonchev–Trinajstić information content (AvgIpc) is 2.77. The minimum Gasteiger partial charge on any atom is -0.491 e. The van der Waals surface area contributed by atoms with Crippen LogP contribution >= 0.6 is 0 Å². The summed E-state index contributed by atoms with van der Waals surface area (Å²) in [6.45, 7) is 5.42. The molecule has 1 aliphatic rings. The highest BCUT2D eigenvalue weighted by atomic mass is 19.1. The van der Waals surface area contributed by atoms with E-state index in [4.69, 9.17) is 9.47 Å². The van der Waals surface area contributed by atoms with Gasteiger partial charge in [-0.2, -0.15) is 0 Å². The van der Waals surface area contributed by atoms with Gasteiger partial charge >= 0.3 is 0 Å². The number of carbonyl (C=O) groups is 1. The van der Waals surface area contributed by atoms with Gasteiger partial charge in [0.05, 0.1) is 17.7 Å². The van der Waals surface area contributed by atoms with Gasteiger partial charge in [-0.25, -0.2) is 4.39 Å². The number of aromatic nitrogens is 1. The maximum absolute atomic E-state index is 13.9. The van der Waals surface area contributed by atoms with E-state index in [1.54, 1.807) is 12.3 Å². The van der Waals surface area contributed by atoms with E-state index in [9.17, 15) is 9.18 Å². The first-order valence-corrected chi connectivity index (χ1v) is 8.03. The van der Waals surface area contributed by atoms with Crippen LogP contribution in [-0.4, -0.2) is 35.3 Å². The van der Waals surface area contributed by atoms with Gasteiger partial charge in [0.1, 0.15) is 18.1 Å². The van der Waals surface area contributed by atoms with E-state index in [2.05, 4.69) is 10.3 Å². The SMILES string of the molecule is CC(C)Oc1ccc2nccc(OC[C@@H]3C[C@](C)(F)C(=O)N3)c2c1. The summed E-state index contributed by atoms with van der Waals surface area (Å²) in [6, 6.07) is 7.03. The quantitative estimate of drug-likeness (QED) is 0.914. The van der Waals surface area contributed by atoms with Crippen LogP contribution in [0.2, 0.25) is 0 Å². The Kier molecular flexibility index (Phi) is 4.30. The third-order valence-electron chi connectivity index (χ3n) is 3.92. The number of pyridine rings is 1. The van der Waals surface area contributed by atoms with Crippen LogP contribution in [0.15, 0.2) is 30.5 Å². The van der Waals surface area contributed by atoms with Gasteiger partial charge in [-0.15, -0.1) is 0 Å². The van der Waals surface area contributed by atoms with Gasteiger partial charge < -0.3 is 14.8 Å². The zero-order valence-electron chi connectivity index (χ0n) is 14.0. The van der Waals surface area contributed by atoms with Crippen molar-refractivity contribution in [1.82, 2.24) is 10.3 Å². The summed E-state index contributed by atoms with van der Waals surface area (Å²) in [5, 5.41) is 3.44. The fourth-order valence-electron chi connectivity index (χ4n) is 2.80. The van der Waals surface area contributed by atoms with E-state index < -0.39 is 11.6 Å². The lowest BCUT2D eigenvalue weighted by atomic mass is 10.1. The summed E-state index contributed by atoms with van der Waals surface area (Å²) < 4.78 is 25.4. The van der Waals surface area contributed by atoms with E-state index in [1.807, 2.05) is 32.0 Å². The van der Waals surface area contributed by atoms with Crippen LogP contribution < -0.4 is 14.8 Å². The first-order valence-electron chi connectivity index (χ1n) is 8.03. The number of alkyl halides is 1. The fourth-order valence-corrected chi connectivity index (χ4v) is 2.80. The normalized spacial score (nSPS) is 23.5. The van der Waals surface area contributed by atoms with Crippen LogP contribution in [0.5, 0.6) is 11.5 Å². The van der Waals surface area contributed by atoms with Crippen LogP contribution in [0.1, 0.15) is 27.2 Å². The van der Waals surface area contributed by atoms with Gasteiger partial charge in [0.15, 0.2) is 5.67 Å². The number of ether oxygens (including phenoxy) is 2. The van der Waals surface area contributed by atoms with E-state index in [0.29, 0.717) is 5.75 Å². The van der Waals surface area contributed by atoms with Gasteiger partial charge in [-0.05, 0) is 45.0 Å². The second-order valence-electron chi connectivity index (χ2n) is 6.54. The molecule has 0 unspecified atom stereocenters. The molecule has 1 aromatic heterocycles. The predicted octanol–water partition coefficient (Wildman–Crippen LogP) is 3.02. The van der Waals surface area contributed by atoms with Crippen molar-refractivity contribution in [2.45, 2.75) is 45.0 Å². The Morgan fingerprint density at radius 2 is 2.21 bits per heavy atom. The number of rotatable bonds is 5.